The van der Waals surface area contributed by atoms with Gasteiger partial charge in [-0.2, -0.15) is 0 Å². The third kappa shape index (κ3) is 2.81. The molecule has 0 aromatic heterocycles. The topological polar surface area (TPSA) is 29.5 Å². The van der Waals surface area contributed by atoms with Crippen LogP contribution in [0.3, 0.4) is 0 Å². The summed E-state index contributed by atoms with van der Waals surface area (Å²) >= 11 is 0. The number of ether oxygens (including phenoxy) is 1. The Balaban J connectivity index is 2.14. The van der Waals surface area contributed by atoms with Crippen LogP contribution in [0.2, 0.25) is 0 Å². The van der Waals surface area contributed by atoms with E-state index in [0.717, 1.165) is 31.4 Å². The standard InChI is InChI=1S/C15H22O2/c1-12-6-7-14(10-13(12)2)17-15(11-16)8-4-3-5-9-15/h6-7,10,16H,3-5,8-9,11H2,1-2H3. The van der Waals surface area contributed by atoms with E-state index in [1.807, 2.05) is 6.07 Å². The monoisotopic (exact) mass is 234 g/mol. The molecule has 1 aliphatic rings. The van der Waals surface area contributed by atoms with Crippen molar-refractivity contribution >= 4 is 0 Å². The molecule has 1 aliphatic carbocycles. The highest BCUT2D eigenvalue weighted by molar-refractivity contribution is 5.34. The molecule has 1 N–H and O–H groups in total. The molecule has 0 radical (unpaired) electrons. The van der Waals surface area contributed by atoms with E-state index in [-0.39, 0.29) is 12.2 Å². The predicted molar refractivity (Wildman–Crippen MR) is 69.4 cm³/mol. The minimum Gasteiger partial charge on any atom is -0.485 e. The summed E-state index contributed by atoms with van der Waals surface area (Å²) in [6.07, 6.45) is 5.52. The van der Waals surface area contributed by atoms with Gasteiger partial charge in [0.05, 0.1) is 6.61 Å². The summed E-state index contributed by atoms with van der Waals surface area (Å²) in [4.78, 5) is 0. The molecule has 0 bridgehead atoms. The molecule has 0 aliphatic heterocycles. The molecule has 0 heterocycles. The van der Waals surface area contributed by atoms with Gasteiger partial charge in [0, 0.05) is 0 Å². The van der Waals surface area contributed by atoms with Crippen molar-refractivity contribution in [2.75, 3.05) is 6.61 Å². The van der Waals surface area contributed by atoms with E-state index in [9.17, 15) is 5.11 Å². The lowest BCUT2D eigenvalue weighted by atomic mass is 9.85. The Morgan fingerprint density at radius 2 is 1.82 bits per heavy atom. The van der Waals surface area contributed by atoms with Gasteiger partial charge in [-0.05, 0) is 62.8 Å². The molecule has 2 heteroatoms. The first-order chi connectivity index (χ1) is 8.15. The van der Waals surface area contributed by atoms with Crippen LogP contribution in [0, 0.1) is 13.8 Å². The van der Waals surface area contributed by atoms with E-state index in [0.29, 0.717) is 0 Å². The predicted octanol–water partition coefficient (Wildman–Crippen LogP) is 3.38. The average Bonchev–Trinajstić information content (AvgIpc) is 2.35. The van der Waals surface area contributed by atoms with Gasteiger partial charge in [-0.15, -0.1) is 0 Å². The Labute approximate surface area is 104 Å². The first-order valence-electron chi connectivity index (χ1n) is 6.52. The zero-order valence-electron chi connectivity index (χ0n) is 10.8. The first kappa shape index (κ1) is 12.4. The number of hydrogen-bond donors (Lipinski definition) is 1. The highest BCUT2D eigenvalue weighted by Gasteiger charge is 2.33. The van der Waals surface area contributed by atoms with Crippen molar-refractivity contribution in [3.05, 3.63) is 29.3 Å². The zero-order valence-corrected chi connectivity index (χ0v) is 10.8. The minimum absolute atomic E-state index is 0.125. The van der Waals surface area contributed by atoms with Gasteiger partial charge in [0.1, 0.15) is 11.4 Å². The van der Waals surface area contributed by atoms with Crippen molar-refractivity contribution < 1.29 is 9.84 Å². The second-order valence-corrected chi connectivity index (χ2v) is 5.25. The molecular weight excluding hydrogens is 212 g/mol. The highest BCUT2D eigenvalue weighted by Crippen LogP contribution is 2.33. The summed E-state index contributed by atoms with van der Waals surface area (Å²) in [6.45, 7) is 4.32. The molecule has 1 aromatic rings. The van der Waals surface area contributed by atoms with E-state index in [1.165, 1.54) is 17.5 Å². The molecule has 94 valence electrons. The van der Waals surface area contributed by atoms with Gasteiger partial charge >= 0.3 is 0 Å². The van der Waals surface area contributed by atoms with Crippen LogP contribution < -0.4 is 4.74 Å². The molecule has 1 aromatic carbocycles. The quantitative estimate of drug-likeness (QED) is 0.868. The maximum absolute atomic E-state index is 9.60. The van der Waals surface area contributed by atoms with Gasteiger partial charge in [0.25, 0.3) is 0 Å². The number of aliphatic hydroxyl groups is 1. The largest absolute Gasteiger partial charge is 0.485 e. The third-order valence-electron chi connectivity index (χ3n) is 3.87. The summed E-state index contributed by atoms with van der Waals surface area (Å²) in [7, 11) is 0. The van der Waals surface area contributed by atoms with Crippen LogP contribution in [-0.4, -0.2) is 17.3 Å². The van der Waals surface area contributed by atoms with Crippen LogP contribution in [0.1, 0.15) is 43.2 Å². The van der Waals surface area contributed by atoms with Gasteiger partial charge < -0.3 is 9.84 Å². The second kappa shape index (κ2) is 5.09. The van der Waals surface area contributed by atoms with Gasteiger partial charge in [-0.1, -0.05) is 12.5 Å². The van der Waals surface area contributed by atoms with E-state index < -0.39 is 0 Å². The summed E-state index contributed by atoms with van der Waals surface area (Å²) in [5.41, 5.74) is 2.19. The molecule has 0 saturated heterocycles. The van der Waals surface area contributed by atoms with Gasteiger partial charge in [0.2, 0.25) is 0 Å². The average molecular weight is 234 g/mol. The molecule has 2 rings (SSSR count). The van der Waals surface area contributed by atoms with Crippen molar-refractivity contribution in [2.24, 2.45) is 0 Å². The molecule has 0 atom stereocenters. The van der Waals surface area contributed by atoms with Crippen molar-refractivity contribution in [3.63, 3.8) is 0 Å². The lowest BCUT2D eigenvalue weighted by molar-refractivity contribution is -0.0198. The molecule has 1 fully saturated rings. The molecule has 1 saturated carbocycles. The minimum atomic E-state index is -0.333. The molecule has 2 nitrogen and oxygen atoms in total. The van der Waals surface area contributed by atoms with E-state index in [2.05, 4.69) is 26.0 Å². The fourth-order valence-corrected chi connectivity index (χ4v) is 2.52. The summed E-state index contributed by atoms with van der Waals surface area (Å²) < 4.78 is 6.08. The number of rotatable bonds is 3. The van der Waals surface area contributed by atoms with Crippen molar-refractivity contribution in [1.29, 1.82) is 0 Å². The van der Waals surface area contributed by atoms with Crippen LogP contribution in [0.5, 0.6) is 5.75 Å². The maximum Gasteiger partial charge on any atom is 0.132 e. The Kier molecular flexibility index (Phi) is 3.72. The number of aryl methyl sites for hydroxylation is 2. The van der Waals surface area contributed by atoms with Crippen LogP contribution in [-0.2, 0) is 0 Å². The number of aliphatic hydroxyl groups excluding tert-OH is 1. The Morgan fingerprint density at radius 3 is 2.41 bits per heavy atom. The SMILES string of the molecule is Cc1ccc(OC2(CO)CCCCC2)cc1C. The molecule has 17 heavy (non-hydrogen) atoms. The summed E-state index contributed by atoms with van der Waals surface area (Å²) in [5.74, 6) is 0.893. The van der Waals surface area contributed by atoms with Crippen LogP contribution in [0.25, 0.3) is 0 Å². The fourth-order valence-electron chi connectivity index (χ4n) is 2.52. The Morgan fingerprint density at radius 1 is 1.12 bits per heavy atom. The van der Waals surface area contributed by atoms with Crippen molar-refractivity contribution in [2.45, 2.75) is 51.6 Å². The van der Waals surface area contributed by atoms with Crippen LogP contribution in [0.15, 0.2) is 18.2 Å². The number of benzene rings is 1. The summed E-state index contributed by atoms with van der Waals surface area (Å²) in [5, 5.41) is 9.60. The summed E-state index contributed by atoms with van der Waals surface area (Å²) in [6, 6.07) is 6.16. The zero-order chi connectivity index (χ0) is 12.3. The van der Waals surface area contributed by atoms with Gasteiger partial charge in [-0.3, -0.25) is 0 Å². The molecule has 0 amide bonds. The normalized spacial score (nSPS) is 19.0. The van der Waals surface area contributed by atoms with E-state index in [4.69, 9.17) is 4.74 Å². The first-order valence-corrected chi connectivity index (χ1v) is 6.52. The Bertz CT molecular complexity index is 379. The lowest BCUT2D eigenvalue weighted by Gasteiger charge is -2.36. The highest BCUT2D eigenvalue weighted by atomic mass is 16.5. The molecule has 0 unspecified atom stereocenters. The van der Waals surface area contributed by atoms with E-state index >= 15 is 0 Å². The number of hydrogen-bond acceptors (Lipinski definition) is 2. The smallest absolute Gasteiger partial charge is 0.132 e. The molecular formula is C15H22O2. The second-order valence-electron chi connectivity index (χ2n) is 5.25. The van der Waals surface area contributed by atoms with Crippen LogP contribution >= 0.6 is 0 Å². The molecule has 0 spiro atoms. The van der Waals surface area contributed by atoms with Crippen LogP contribution in [0.4, 0.5) is 0 Å². The van der Waals surface area contributed by atoms with Gasteiger partial charge in [0.15, 0.2) is 0 Å². The van der Waals surface area contributed by atoms with E-state index in [1.54, 1.807) is 0 Å². The lowest BCUT2D eigenvalue weighted by Crippen LogP contribution is -2.41. The van der Waals surface area contributed by atoms with Crippen molar-refractivity contribution in [1.82, 2.24) is 0 Å². The fraction of sp³-hybridized carbons (Fsp3) is 0.600. The van der Waals surface area contributed by atoms with Gasteiger partial charge in [-0.25, -0.2) is 0 Å². The Hall–Kier alpha value is -1.02. The third-order valence-corrected chi connectivity index (χ3v) is 3.87. The maximum atomic E-state index is 9.60. The van der Waals surface area contributed by atoms with Crippen molar-refractivity contribution in [3.8, 4) is 5.75 Å².